The number of rotatable bonds is 5. The molecule has 0 saturated carbocycles. The summed E-state index contributed by atoms with van der Waals surface area (Å²) in [6.07, 6.45) is -4.25. The fourth-order valence-corrected chi connectivity index (χ4v) is 2.12. The van der Waals surface area contributed by atoms with Crippen LogP contribution >= 0.6 is 11.8 Å². The summed E-state index contributed by atoms with van der Waals surface area (Å²) in [7, 11) is 0. The standard InChI is InChI=1S/C11H14F3NOS/c1-8-9(15)3-2-4-10(8)17-6-5-16-7-11(12,13)14/h2-4H,5-7,15H2,1H3. The minimum atomic E-state index is -4.25. The fraction of sp³-hybridized carbons (Fsp3) is 0.455. The van der Waals surface area contributed by atoms with Gasteiger partial charge in [0.1, 0.15) is 6.61 Å². The van der Waals surface area contributed by atoms with Crippen molar-refractivity contribution in [3.8, 4) is 0 Å². The first-order valence-electron chi connectivity index (χ1n) is 5.02. The Labute approximate surface area is 102 Å². The number of hydrogen-bond acceptors (Lipinski definition) is 3. The Morgan fingerprint density at radius 3 is 2.71 bits per heavy atom. The van der Waals surface area contributed by atoms with Crippen LogP contribution in [-0.2, 0) is 4.74 Å². The SMILES string of the molecule is Cc1c(N)cccc1SCCOCC(F)(F)F. The zero-order valence-corrected chi connectivity index (χ0v) is 10.2. The molecule has 1 aromatic rings. The van der Waals surface area contributed by atoms with Gasteiger partial charge in [0.25, 0.3) is 0 Å². The maximum absolute atomic E-state index is 11.8. The molecule has 0 aromatic heterocycles. The van der Waals surface area contributed by atoms with Crippen LogP contribution < -0.4 is 5.73 Å². The van der Waals surface area contributed by atoms with Gasteiger partial charge in [0.05, 0.1) is 6.61 Å². The fourth-order valence-electron chi connectivity index (χ4n) is 1.19. The van der Waals surface area contributed by atoms with E-state index < -0.39 is 12.8 Å². The molecular weight excluding hydrogens is 251 g/mol. The molecular formula is C11H14F3NOS. The second-order valence-corrected chi connectivity index (χ2v) is 4.62. The smallest absolute Gasteiger partial charge is 0.398 e. The third-order valence-electron chi connectivity index (χ3n) is 2.08. The van der Waals surface area contributed by atoms with E-state index in [2.05, 4.69) is 4.74 Å². The molecule has 2 nitrogen and oxygen atoms in total. The third kappa shape index (κ3) is 5.32. The number of halogens is 3. The summed E-state index contributed by atoms with van der Waals surface area (Å²) in [5.74, 6) is 0.473. The Hall–Kier alpha value is -0.880. The zero-order chi connectivity index (χ0) is 12.9. The molecule has 0 bridgehead atoms. The monoisotopic (exact) mass is 265 g/mol. The van der Waals surface area contributed by atoms with Crippen molar-refractivity contribution in [1.29, 1.82) is 0 Å². The molecule has 0 spiro atoms. The molecule has 0 aliphatic carbocycles. The van der Waals surface area contributed by atoms with Crippen LogP contribution in [0.25, 0.3) is 0 Å². The molecule has 0 aliphatic rings. The average molecular weight is 265 g/mol. The van der Waals surface area contributed by atoms with Crippen molar-refractivity contribution in [3.05, 3.63) is 23.8 Å². The minimum absolute atomic E-state index is 0.0679. The molecule has 0 amide bonds. The van der Waals surface area contributed by atoms with Gasteiger partial charge >= 0.3 is 6.18 Å². The quantitative estimate of drug-likeness (QED) is 0.504. The van der Waals surface area contributed by atoms with Gasteiger partial charge in [-0.15, -0.1) is 11.8 Å². The normalized spacial score (nSPS) is 11.8. The van der Waals surface area contributed by atoms with Crippen molar-refractivity contribution in [2.24, 2.45) is 0 Å². The summed E-state index contributed by atoms with van der Waals surface area (Å²) in [4.78, 5) is 0.973. The molecule has 0 saturated heterocycles. The number of alkyl halides is 3. The van der Waals surface area contributed by atoms with Gasteiger partial charge in [-0.25, -0.2) is 0 Å². The first-order chi connectivity index (χ1) is 7.90. The number of thioether (sulfide) groups is 1. The van der Waals surface area contributed by atoms with E-state index in [4.69, 9.17) is 5.73 Å². The van der Waals surface area contributed by atoms with Crippen molar-refractivity contribution in [2.75, 3.05) is 24.7 Å². The van der Waals surface area contributed by atoms with E-state index in [1.165, 1.54) is 11.8 Å². The lowest BCUT2D eigenvalue weighted by molar-refractivity contribution is -0.172. The Balaban J connectivity index is 2.29. The number of nitrogen functional groups attached to an aromatic ring is 1. The van der Waals surface area contributed by atoms with E-state index in [1.807, 2.05) is 19.1 Å². The zero-order valence-electron chi connectivity index (χ0n) is 9.38. The highest BCUT2D eigenvalue weighted by Crippen LogP contribution is 2.26. The Bertz CT molecular complexity index is 368. The maximum atomic E-state index is 11.8. The van der Waals surface area contributed by atoms with Gasteiger partial charge in [-0.2, -0.15) is 13.2 Å². The van der Waals surface area contributed by atoms with E-state index in [1.54, 1.807) is 6.07 Å². The maximum Gasteiger partial charge on any atom is 0.411 e. The highest BCUT2D eigenvalue weighted by atomic mass is 32.2. The second-order valence-electron chi connectivity index (χ2n) is 3.49. The molecule has 0 atom stereocenters. The molecule has 2 N–H and O–H groups in total. The number of nitrogens with two attached hydrogens (primary N) is 1. The van der Waals surface area contributed by atoms with Gasteiger partial charge in [0.2, 0.25) is 0 Å². The van der Waals surface area contributed by atoms with Gasteiger partial charge in [0.15, 0.2) is 0 Å². The topological polar surface area (TPSA) is 35.2 Å². The summed E-state index contributed by atoms with van der Waals surface area (Å²) in [5, 5.41) is 0. The van der Waals surface area contributed by atoms with Gasteiger partial charge < -0.3 is 10.5 Å². The van der Waals surface area contributed by atoms with Crippen molar-refractivity contribution in [3.63, 3.8) is 0 Å². The first kappa shape index (κ1) is 14.2. The van der Waals surface area contributed by atoms with Crippen molar-refractivity contribution in [1.82, 2.24) is 0 Å². The Morgan fingerprint density at radius 2 is 2.06 bits per heavy atom. The van der Waals surface area contributed by atoms with E-state index in [0.717, 1.165) is 10.5 Å². The van der Waals surface area contributed by atoms with Gasteiger partial charge in [0, 0.05) is 16.3 Å². The molecule has 0 aliphatic heterocycles. The van der Waals surface area contributed by atoms with Crippen LogP contribution in [0.5, 0.6) is 0 Å². The summed E-state index contributed by atoms with van der Waals surface area (Å²) in [6, 6.07) is 5.50. The van der Waals surface area contributed by atoms with Crippen LogP contribution in [0.4, 0.5) is 18.9 Å². The van der Waals surface area contributed by atoms with Crippen LogP contribution in [0.3, 0.4) is 0 Å². The molecule has 1 aromatic carbocycles. The number of ether oxygens (including phenoxy) is 1. The number of anilines is 1. The van der Waals surface area contributed by atoms with Crippen LogP contribution in [-0.4, -0.2) is 25.1 Å². The predicted octanol–water partition coefficient (Wildman–Crippen LogP) is 3.25. The molecule has 96 valence electrons. The van der Waals surface area contributed by atoms with E-state index in [-0.39, 0.29) is 6.61 Å². The van der Waals surface area contributed by atoms with Gasteiger partial charge in [-0.3, -0.25) is 0 Å². The summed E-state index contributed by atoms with van der Waals surface area (Å²) >= 11 is 1.44. The van der Waals surface area contributed by atoms with Crippen LogP contribution in [0.2, 0.25) is 0 Å². The largest absolute Gasteiger partial charge is 0.411 e. The first-order valence-corrected chi connectivity index (χ1v) is 6.01. The number of hydrogen-bond donors (Lipinski definition) is 1. The van der Waals surface area contributed by atoms with Crippen LogP contribution in [0, 0.1) is 6.92 Å². The molecule has 0 unspecified atom stereocenters. The van der Waals surface area contributed by atoms with Gasteiger partial charge in [-0.1, -0.05) is 6.07 Å². The molecule has 0 heterocycles. The van der Waals surface area contributed by atoms with Crippen LogP contribution in [0.15, 0.2) is 23.1 Å². The second kappa shape index (κ2) is 6.16. The van der Waals surface area contributed by atoms with E-state index >= 15 is 0 Å². The van der Waals surface area contributed by atoms with Crippen molar-refractivity contribution in [2.45, 2.75) is 18.0 Å². The molecule has 6 heteroatoms. The van der Waals surface area contributed by atoms with E-state index in [9.17, 15) is 13.2 Å². The van der Waals surface area contributed by atoms with Crippen molar-refractivity contribution < 1.29 is 17.9 Å². The summed E-state index contributed by atoms with van der Waals surface area (Å²) in [6.45, 7) is 0.760. The molecule has 0 radical (unpaired) electrons. The molecule has 1 rings (SSSR count). The lowest BCUT2D eigenvalue weighted by Gasteiger charge is -2.09. The highest BCUT2D eigenvalue weighted by Gasteiger charge is 2.27. The van der Waals surface area contributed by atoms with Gasteiger partial charge in [-0.05, 0) is 24.6 Å². The molecule has 17 heavy (non-hydrogen) atoms. The lowest BCUT2D eigenvalue weighted by atomic mass is 10.2. The summed E-state index contributed by atoms with van der Waals surface area (Å²) in [5.41, 5.74) is 7.35. The average Bonchev–Trinajstić information content (AvgIpc) is 2.22. The summed E-state index contributed by atoms with van der Waals surface area (Å²) < 4.78 is 39.8. The third-order valence-corrected chi connectivity index (χ3v) is 3.20. The van der Waals surface area contributed by atoms with Crippen LogP contribution in [0.1, 0.15) is 5.56 Å². The van der Waals surface area contributed by atoms with E-state index in [0.29, 0.717) is 11.4 Å². The Morgan fingerprint density at radius 1 is 1.35 bits per heavy atom. The predicted molar refractivity (Wildman–Crippen MR) is 63.2 cm³/mol. The minimum Gasteiger partial charge on any atom is -0.398 e. The van der Waals surface area contributed by atoms with Crippen molar-refractivity contribution >= 4 is 17.4 Å². The lowest BCUT2D eigenvalue weighted by Crippen LogP contribution is -2.17. The Kier molecular flexibility index (Phi) is 5.14. The molecule has 0 fully saturated rings. The number of benzene rings is 1. The highest BCUT2D eigenvalue weighted by molar-refractivity contribution is 7.99.